The maximum Gasteiger partial charge on any atom is 0.411 e. The van der Waals surface area contributed by atoms with Crippen LogP contribution in [0.25, 0.3) is 10.2 Å². The molecule has 1 aliphatic rings. The van der Waals surface area contributed by atoms with Crippen LogP contribution in [-0.4, -0.2) is 56.6 Å². The highest BCUT2D eigenvalue weighted by atomic mass is 32.1. The first-order chi connectivity index (χ1) is 15.2. The highest BCUT2D eigenvalue weighted by Gasteiger charge is 2.33. The fraction of sp³-hybridized carbons (Fsp3) is 0.529. The molecular weight excluding hydrogens is 484 g/mol. The molecule has 16 heteroatoms. The van der Waals surface area contributed by atoms with Crippen molar-refractivity contribution in [2.75, 3.05) is 13.1 Å². The van der Waals surface area contributed by atoms with Crippen molar-refractivity contribution in [2.45, 2.75) is 45.3 Å². The minimum absolute atomic E-state index is 0.0169. The van der Waals surface area contributed by atoms with Gasteiger partial charge in [0.1, 0.15) is 11.4 Å². The molecule has 1 aliphatic heterocycles. The molecule has 0 unspecified atom stereocenters. The molecule has 3 rings (SSSR count). The molecule has 0 bridgehead atoms. The summed E-state index contributed by atoms with van der Waals surface area (Å²) < 4.78 is 77.7. The van der Waals surface area contributed by atoms with Crippen LogP contribution in [0.5, 0.6) is 0 Å². The number of fused-ring (bicyclic) bond motifs is 1. The zero-order chi connectivity index (χ0) is 24.7. The number of aryl methyl sites for hydroxylation is 2. The van der Waals surface area contributed by atoms with Gasteiger partial charge in [0.25, 0.3) is 5.56 Å². The van der Waals surface area contributed by atoms with Gasteiger partial charge < -0.3 is 10.0 Å². The maximum atomic E-state index is 13.0. The van der Waals surface area contributed by atoms with Crippen LogP contribution in [-0.2, 0) is 19.6 Å². The molecule has 33 heavy (non-hydrogen) atoms. The van der Waals surface area contributed by atoms with E-state index in [1.165, 1.54) is 11.8 Å². The average Bonchev–Trinajstić information content (AvgIpc) is 3.21. The summed E-state index contributed by atoms with van der Waals surface area (Å²) in [7, 11) is 0. The lowest BCUT2D eigenvalue weighted by Crippen LogP contribution is -2.43. The Morgan fingerprint density at radius 2 is 1.82 bits per heavy atom. The summed E-state index contributed by atoms with van der Waals surface area (Å²) in [5, 5.41) is 10.7. The number of hydrogen-bond donors (Lipinski definition) is 2. The Bertz CT molecular complexity index is 1230. The van der Waals surface area contributed by atoms with Gasteiger partial charge in [0.15, 0.2) is 0 Å². The number of aliphatic imine (C=N–C) groups is 1. The van der Waals surface area contributed by atoms with E-state index in [0.717, 1.165) is 11.3 Å². The zero-order valence-electron chi connectivity index (χ0n) is 16.9. The molecule has 0 aromatic carbocycles. The number of halogens is 6. The molecule has 0 aliphatic carbocycles. The van der Waals surface area contributed by atoms with Crippen molar-refractivity contribution >= 4 is 33.6 Å². The first-order valence-corrected chi connectivity index (χ1v) is 10.2. The quantitative estimate of drug-likeness (QED) is 0.612. The van der Waals surface area contributed by atoms with Crippen LogP contribution < -0.4 is 16.6 Å². The number of hydrogen-bond acceptors (Lipinski definition) is 6. The third kappa shape index (κ3) is 5.48. The Hall–Kier alpha value is -3.04. The number of carbonyl (C=O) groups is 1. The zero-order valence-corrected chi connectivity index (χ0v) is 17.7. The largest absolute Gasteiger partial charge is 0.465 e. The van der Waals surface area contributed by atoms with E-state index in [-0.39, 0.29) is 39.4 Å². The number of alkyl halides is 6. The van der Waals surface area contributed by atoms with Crippen LogP contribution in [0.3, 0.4) is 0 Å². The molecule has 182 valence electrons. The summed E-state index contributed by atoms with van der Waals surface area (Å²) in [5.41, 5.74) is -2.55. The monoisotopic (exact) mass is 501 g/mol. The maximum absolute atomic E-state index is 13.0. The Morgan fingerprint density at radius 3 is 2.39 bits per heavy atom. The minimum atomic E-state index is -4.95. The van der Waals surface area contributed by atoms with Crippen LogP contribution in [0.15, 0.2) is 14.6 Å². The molecule has 2 aromatic heterocycles. The van der Waals surface area contributed by atoms with E-state index in [1.807, 2.05) is 0 Å². The van der Waals surface area contributed by atoms with E-state index >= 15 is 0 Å². The number of nitrogens with zero attached hydrogens (tertiary/aromatic N) is 4. The summed E-state index contributed by atoms with van der Waals surface area (Å²) in [5.74, 6) is 0.0169. The molecule has 0 fully saturated rings. The fourth-order valence-corrected chi connectivity index (χ4v) is 4.70. The Morgan fingerprint density at radius 1 is 1.15 bits per heavy atom. The Balaban J connectivity index is 2.14. The van der Waals surface area contributed by atoms with Crippen molar-refractivity contribution in [3.05, 3.63) is 31.3 Å². The molecule has 2 N–H and O–H groups in total. The molecule has 0 spiro atoms. The number of thiophene rings is 1. The normalized spacial score (nSPS) is 14.8. The predicted molar refractivity (Wildman–Crippen MR) is 106 cm³/mol. The number of rotatable bonds is 5. The van der Waals surface area contributed by atoms with Gasteiger partial charge in [-0.05, 0) is 12.5 Å². The third-order valence-corrected chi connectivity index (χ3v) is 6.13. The summed E-state index contributed by atoms with van der Waals surface area (Å²) in [6, 6.07) is 0. The molecule has 2 aromatic rings. The van der Waals surface area contributed by atoms with Crippen LogP contribution in [0.4, 0.5) is 31.1 Å². The van der Waals surface area contributed by atoms with Gasteiger partial charge in [0.2, 0.25) is 5.96 Å². The van der Waals surface area contributed by atoms with E-state index in [1.54, 1.807) is 0 Å². The van der Waals surface area contributed by atoms with Crippen molar-refractivity contribution in [3.63, 3.8) is 0 Å². The minimum Gasteiger partial charge on any atom is -0.465 e. The smallest absolute Gasteiger partial charge is 0.411 e. The number of guanidine groups is 1. The first kappa shape index (κ1) is 24.6. The lowest BCUT2D eigenvalue weighted by atomic mass is 10.2. The van der Waals surface area contributed by atoms with Gasteiger partial charge in [-0.2, -0.15) is 26.3 Å². The lowest BCUT2D eigenvalue weighted by Gasteiger charge is -2.19. The highest BCUT2D eigenvalue weighted by Crippen LogP contribution is 2.31. The summed E-state index contributed by atoms with van der Waals surface area (Å²) in [6.45, 7) is -0.965. The van der Waals surface area contributed by atoms with Crippen molar-refractivity contribution in [2.24, 2.45) is 4.99 Å². The van der Waals surface area contributed by atoms with E-state index < -0.39 is 49.2 Å². The van der Waals surface area contributed by atoms with E-state index in [4.69, 9.17) is 5.11 Å². The first-order valence-electron chi connectivity index (χ1n) is 9.36. The van der Waals surface area contributed by atoms with Crippen LogP contribution in [0.1, 0.15) is 16.9 Å². The summed E-state index contributed by atoms with van der Waals surface area (Å²) in [6.07, 6.45) is -12.5. The Labute approximate surface area is 184 Å². The summed E-state index contributed by atoms with van der Waals surface area (Å²) in [4.78, 5) is 41.9. The van der Waals surface area contributed by atoms with Gasteiger partial charge in [-0.3, -0.25) is 24.2 Å². The van der Waals surface area contributed by atoms with Crippen molar-refractivity contribution in [1.29, 1.82) is 0 Å². The Kier molecular flexibility index (Phi) is 6.50. The standard InChI is InChI=1S/C17H17F6N5O4S/c1-8-9(6-26-5-3-24-13(26)25-14(30)31)33-12-10(8)11(29)28(7-17(21,22)23)15(32)27(12)4-2-16(18,19)20/h2-7H2,1H3,(H,24,25)(H,30,31). The highest BCUT2D eigenvalue weighted by molar-refractivity contribution is 7.18. The molecule has 0 atom stereocenters. The van der Waals surface area contributed by atoms with E-state index in [0.29, 0.717) is 16.0 Å². The molecule has 0 radical (unpaired) electrons. The van der Waals surface area contributed by atoms with Gasteiger partial charge in [-0.25, -0.2) is 9.59 Å². The second kappa shape index (κ2) is 8.72. The van der Waals surface area contributed by atoms with Gasteiger partial charge in [-0.15, -0.1) is 11.3 Å². The molecule has 0 saturated carbocycles. The lowest BCUT2D eigenvalue weighted by molar-refractivity contribution is -0.143. The van der Waals surface area contributed by atoms with Gasteiger partial charge >= 0.3 is 24.1 Å². The van der Waals surface area contributed by atoms with Gasteiger partial charge in [0.05, 0.1) is 24.9 Å². The van der Waals surface area contributed by atoms with E-state index in [9.17, 15) is 40.7 Å². The summed E-state index contributed by atoms with van der Waals surface area (Å²) >= 11 is 0.793. The third-order valence-electron chi connectivity index (χ3n) is 4.83. The molecule has 3 heterocycles. The van der Waals surface area contributed by atoms with Crippen LogP contribution in [0.2, 0.25) is 0 Å². The number of nitrogens with one attached hydrogen (secondary N) is 1. The second-order valence-electron chi connectivity index (χ2n) is 7.19. The second-order valence-corrected chi connectivity index (χ2v) is 8.28. The predicted octanol–water partition coefficient (Wildman–Crippen LogP) is 2.49. The van der Waals surface area contributed by atoms with E-state index in [2.05, 4.69) is 10.3 Å². The van der Waals surface area contributed by atoms with Crippen molar-refractivity contribution in [1.82, 2.24) is 19.4 Å². The number of amides is 1. The van der Waals surface area contributed by atoms with Gasteiger partial charge in [0, 0.05) is 18.0 Å². The van der Waals surface area contributed by atoms with Crippen molar-refractivity contribution < 1.29 is 36.2 Å². The molecule has 1 amide bonds. The van der Waals surface area contributed by atoms with Gasteiger partial charge in [-0.1, -0.05) is 0 Å². The number of carboxylic acid groups (broad SMARTS) is 1. The number of aromatic nitrogens is 2. The van der Waals surface area contributed by atoms with Crippen LogP contribution >= 0.6 is 11.3 Å². The fourth-order valence-electron chi connectivity index (χ4n) is 3.37. The van der Waals surface area contributed by atoms with Crippen molar-refractivity contribution in [3.8, 4) is 0 Å². The van der Waals surface area contributed by atoms with Crippen LogP contribution in [0, 0.1) is 6.92 Å². The average molecular weight is 501 g/mol. The molecule has 0 saturated heterocycles. The SMILES string of the molecule is Cc1c(CN2CCN=C2NC(=O)O)sc2c1c(=O)n(CC(F)(F)F)c(=O)n2CCC(F)(F)F. The molecular formula is C17H17F6N5O4S. The molecule has 9 nitrogen and oxygen atoms in total. The topological polar surface area (TPSA) is 109 Å².